The molecule has 9 heteroatoms. The van der Waals surface area contributed by atoms with Crippen LogP contribution in [0, 0.1) is 11.3 Å². The molecule has 31 heavy (non-hydrogen) atoms. The summed E-state index contributed by atoms with van der Waals surface area (Å²) in [6.07, 6.45) is 7.50. The second kappa shape index (κ2) is 9.86. The second-order valence-electron chi connectivity index (χ2n) is 9.05. The molecule has 2 saturated carbocycles. The molecule has 4 rings (SSSR count). The number of benzene rings is 1. The fourth-order valence-electron chi connectivity index (χ4n) is 5.72. The molecule has 1 aromatic rings. The summed E-state index contributed by atoms with van der Waals surface area (Å²) in [4.78, 5) is 26.1. The van der Waals surface area contributed by atoms with E-state index in [-0.39, 0.29) is 59.4 Å². The number of hydrogen-bond acceptors (Lipinski definition) is 4. The van der Waals surface area contributed by atoms with Crippen molar-refractivity contribution in [3.8, 4) is 0 Å². The Labute approximate surface area is 196 Å². The van der Waals surface area contributed by atoms with Crippen LogP contribution in [-0.2, 0) is 16.1 Å². The lowest BCUT2D eigenvalue weighted by Gasteiger charge is -2.39. The number of likely N-dealkylation sites (tertiary alicyclic amines) is 1. The van der Waals surface area contributed by atoms with E-state index >= 15 is 0 Å². The molecule has 0 aromatic heterocycles. The Hall–Kier alpha value is -1.67. The summed E-state index contributed by atoms with van der Waals surface area (Å²) in [5.41, 5.74) is 12.3. The Balaban J connectivity index is 0.00000171. The fourth-order valence-corrected chi connectivity index (χ4v) is 5.72. The van der Waals surface area contributed by atoms with Crippen LogP contribution in [0.4, 0.5) is 0 Å². The maximum atomic E-state index is 13.6. The zero-order valence-electron chi connectivity index (χ0n) is 17.8. The molecule has 7 nitrogen and oxygen atoms in total. The van der Waals surface area contributed by atoms with Crippen molar-refractivity contribution in [2.45, 2.75) is 63.1 Å². The molecule has 3 atom stereocenters. The van der Waals surface area contributed by atoms with Crippen LogP contribution in [0.2, 0.25) is 0 Å². The molecule has 3 aliphatic rings. The van der Waals surface area contributed by atoms with Gasteiger partial charge in [-0.2, -0.15) is 0 Å². The third-order valence-electron chi connectivity index (χ3n) is 7.46. The van der Waals surface area contributed by atoms with Crippen LogP contribution >= 0.6 is 24.8 Å². The zero-order chi connectivity index (χ0) is 20.6. The molecule has 0 spiro atoms. The van der Waals surface area contributed by atoms with Gasteiger partial charge in [0.2, 0.25) is 0 Å². The first-order chi connectivity index (χ1) is 13.9. The SMILES string of the molecule is Cl.Cl.N=C(N)c1ccc(C[N+]2(C(=O)CNC3CCCCC3)CC[C@@H]3C[C@@]32C(N)=O)cc1. The van der Waals surface area contributed by atoms with Crippen LogP contribution in [-0.4, -0.2) is 46.8 Å². The van der Waals surface area contributed by atoms with Crippen LogP contribution < -0.4 is 16.8 Å². The number of halogens is 2. The van der Waals surface area contributed by atoms with Crippen molar-refractivity contribution in [1.82, 2.24) is 5.32 Å². The molecule has 1 aromatic carbocycles. The molecule has 0 bridgehead atoms. The van der Waals surface area contributed by atoms with E-state index in [0.717, 1.165) is 24.8 Å². The molecular weight excluding hydrogens is 437 g/mol. The lowest BCUT2D eigenvalue weighted by atomic mass is 9.95. The summed E-state index contributed by atoms with van der Waals surface area (Å²) in [6.45, 7) is 1.41. The number of amidine groups is 1. The normalized spacial score (nSPS) is 29.2. The van der Waals surface area contributed by atoms with Crippen LogP contribution in [0.5, 0.6) is 0 Å². The summed E-state index contributed by atoms with van der Waals surface area (Å²) in [6, 6.07) is 7.81. The maximum absolute atomic E-state index is 13.6. The van der Waals surface area contributed by atoms with Crippen molar-refractivity contribution in [3.05, 3.63) is 35.4 Å². The highest BCUT2D eigenvalue weighted by Crippen LogP contribution is 2.60. The van der Waals surface area contributed by atoms with Gasteiger partial charge in [-0.05, 0) is 12.8 Å². The Morgan fingerprint density at radius 3 is 2.26 bits per heavy atom. The number of fused-ring (bicyclic) bond motifs is 1. The zero-order valence-corrected chi connectivity index (χ0v) is 19.4. The third kappa shape index (κ3) is 4.46. The van der Waals surface area contributed by atoms with Gasteiger partial charge in [0, 0.05) is 35.9 Å². The van der Waals surface area contributed by atoms with E-state index in [1.165, 1.54) is 19.3 Å². The van der Waals surface area contributed by atoms with Crippen molar-refractivity contribution in [1.29, 1.82) is 5.41 Å². The number of carbonyl (C=O) groups excluding carboxylic acids is 2. The number of nitrogens with zero attached hydrogens (tertiary/aromatic N) is 1. The first-order valence-corrected chi connectivity index (χ1v) is 10.8. The molecular formula is C22H34Cl2N5O2+. The molecule has 2 amide bonds. The topological polar surface area (TPSA) is 122 Å². The van der Waals surface area contributed by atoms with Gasteiger partial charge < -0.3 is 16.8 Å². The van der Waals surface area contributed by atoms with Gasteiger partial charge in [-0.1, -0.05) is 43.5 Å². The highest BCUT2D eigenvalue weighted by atomic mass is 35.5. The molecule has 3 fully saturated rings. The lowest BCUT2D eigenvalue weighted by Crippen LogP contribution is -2.65. The largest absolute Gasteiger partial charge is 0.384 e. The number of piperidine rings is 1. The monoisotopic (exact) mass is 470 g/mol. The summed E-state index contributed by atoms with van der Waals surface area (Å²) < 4.78 is 0.131. The average molecular weight is 471 g/mol. The quantitative estimate of drug-likeness (QED) is 0.277. The predicted molar refractivity (Wildman–Crippen MR) is 125 cm³/mol. The van der Waals surface area contributed by atoms with Crippen molar-refractivity contribution >= 4 is 42.5 Å². The van der Waals surface area contributed by atoms with E-state index in [2.05, 4.69) is 5.32 Å². The second-order valence-corrected chi connectivity index (χ2v) is 9.05. The van der Waals surface area contributed by atoms with Crippen LogP contribution in [0.15, 0.2) is 24.3 Å². The number of amides is 2. The number of nitrogens with two attached hydrogens (primary N) is 2. The number of quaternary nitrogens is 1. The lowest BCUT2D eigenvalue weighted by molar-refractivity contribution is -0.884. The van der Waals surface area contributed by atoms with E-state index in [0.29, 0.717) is 31.1 Å². The number of rotatable bonds is 7. The van der Waals surface area contributed by atoms with Gasteiger partial charge in [-0.3, -0.25) is 10.2 Å². The first-order valence-electron chi connectivity index (χ1n) is 10.8. The Morgan fingerprint density at radius 2 is 1.71 bits per heavy atom. The predicted octanol–water partition coefficient (Wildman–Crippen LogP) is 2.23. The van der Waals surface area contributed by atoms with Gasteiger partial charge in [0.25, 0.3) is 5.91 Å². The van der Waals surface area contributed by atoms with E-state index in [4.69, 9.17) is 16.9 Å². The van der Waals surface area contributed by atoms with Crippen molar-refractivity contribution in [2.24, 2.45) is 17.4 Å². The van der Waals surface area contributed by atoms with Crippen molar-refractivity contribution < 1.29 is 14.1 Å². The highest BCUT2D eigenvalue weighted by molar-refractivity contribution is 5.95. The average Bonchev–Trinajstić information content (AvgIpc) is 3.39. The molecule has 1 saturated heterocycles. The van der Waals surface area contributed by atoms with Crippen LogP contribution in [0.3, 0.4) is 0 Å². The molecule has 2 aliphatic carbocycles. The minimum absolute atomic E-state index is 0. The van der Waals surface area contributed by atoms with Gasteiger partial charge in [-0.25, -0.2) is 9.28 Å². The molecule has 6 N–H and O–H groups in total. The van der Waals surface area contributed by atoms with Gasteiger partial charge >= 0.3 is 5.91 Å². The molecule has 0 radical (unpaired) electrons. The molecule has 1 aliphatic heterocycles. The number of primary amides is 1. The molecule has 172 valence electrons. The van der Waals surface area contributed by atoms with Gasteiger partial charge in [0.1, 0.15) is 18.9 Å². The minimum atomic E-state index is -0.745. The number of carbonyl (C=O) groups is 2. The number of nitrogen functional groups attached to an aromatic ring is 1. The minimum Gasteiger partial charge on any atom is -0.384 e. The smallest absolute Gasteiger partial charge is 0.328 e. The summed E-state index contributed by atoms with van der Waals surface area (Å²) in [5, 5.41) is 11.0. The summed E-state index contributed by atoms with van der Waals surface area (Å²) in [7, 11) is 0. The van der Waals surface area contributed by atoms with Gasteiger partial charge in [0.05, 0.1) is 6.54 Å². The van der Waals surface area contributed by atoms with Crippen molar-refractivity contribution in [2.75, 3.05) is 13.1 Å². The van der Waals surface area contributed by atoms with E-state index in [9.17, 15) is 9.59 Å². The molecule has 1 unspecified atom stereocenters. The van der Waals surface area contributed by atoms with Crippen LogP contribution in [0.1, 0.15) is 56.1 Å². The first kappa shape index (κ1) is 25.6. The Kier molecular flexibility index (Phi) is 8.14. The number of nitrogens with one attached hydrogen (secondary N) is 2. The molecule has 1 heterocycles. The summed E-state index contributed by atoms with van der Waals surface area (Å²) in [5.74, 6) is -0.0308. The van der Waals surface area contributed by atoms with E-state index in [1.54, 1.807) is 12.1 Å². The third-order valence-corrected chi connectivity index (χ3v) is 7.46. The maximum Gasteiger partial charge on any atom is 0.328 e. The van der Waals surface area contributed by atoms with Crippen LogP contribution in [0.25, 0.3) is 0 Å². The highest BCUT2D eigenvalue weighted by Gasteiger charge is 2.78. The van der Waals surface area contributed by atoms with E-state index in [1.807, 2.05) is 12.1 Å². The van der Waals surface area contributed by atoms with Gasteiger partial charge in [0.15, 0.2) is 5.54 Å². The van der Waals surface area contributed by atoms with Gasteiger partial charge in [-0.15, -0.1) is 24.8 Å². The summed E-state index contributed by atoms with van der Waals surface area (Å²) >= 11 is 0. The standard InChI is InChI=1S/C22H31N5O2.2ClH/c23-20(24)16-8-6-15(7-9-16)14-27(11-10-17-12-22(17,27)21(25)29)19(28)13-26-18-4-2-1-3-5-18;;/h6-9,17-18,26H,1-5,10-14H2,(H4-,23,24,25,29);2*1H/p+1/t17-,22+,27?;;/m1../s1. The fraction of sp³-hybridized carbons (Fsp3) is 0.591. The Morgan fingerprint density at radius 1 is 1.06 bits per heavy atom. The van der Waals surface area contributed by atoms with E-state index < -0.39 is 5.54 Å². The number of hydrogen-bond donors (Lipinski definition) is 4. The van der Waals surface area contributed by atoms with Crippen molar-refractivity contribution in [3.63, 3.8) is 0 Å². The Bertz CT molecular complexity index is 828.